The number of aryl methyl sites for hydroxylation is 1. The Morgan fingerprint density at radius 3 is 2.56 bits per heavy atom. The normalized spacial score (nSPS) is 19.5. The lowest BCUT2D eigenvalue weighted by molar-refractivity contribution is 0.352. The summed E-state index contributed by atoms with van der Waals surface area (Å²) in [6.45, 7) is 8.15. The summed E-state index contributed by atoms with van der Waals surface area (Å²) < 4.78 is 0. The van der Waals surface area contributed by atoms with Crippen molar-refractivity contribution in [3.63, 3.8) is 0 Å². The van der Waals surface area contributed by atoms with Crippen molar-refractivity contribution < 1.29 is 0 Å². The van der Waals surface area contributed by atoms with Crippen LogP contribution in [0.4, 0.5) is 17.1 Å². The van der Waals surface area contributed by atoms with E-state index in [-0.39, 0.29) is 5.41 Å². The quantitative estimate of drug-likeness (QED) is 0.590. The Bertz CT molecular complexity index is 832. The van der Waals surface area contributed by atoms with E-state index >= 15 is 0 Å². The molecule has 1 saturated heterocycles. The highest BCUT2D eigenvalue weighted by Gasteiger charge is 2.49. The molecule has 0 saturated carbocycles. The van der Waals surface area contributed by atoms with Gasteiger partial charge < -0.3 is 10.2 Å². The third kappa shape index (κ3) is 3.26. The topological polar surface area (TPSA) is 15.0 Å². The number of unbranched alkanes of at least 4 members (excludes halogenated alkanes) is 1. The summed E-state index contributed by atoms with van der Waals surface area (Å²) in [5.74, 6) is 0. The van der Waals surface area contributed by atoms with Gasteiger partial charge in [-0.3, -0.25) is 0 Å². The predicted octanol–water partition coefficient (Wildman–Crippen LogP) is 6.79. The zero-order valence-corrected chi connectivity index (χ0v) is 17.0. The smallest absolute Gasteiger partial charge is 0.0642 e. The van der Waals surface area contributed by atoms with Gasteiger partial charge >= 0.3 is 0 Å². The number of para-hydroxylation sites is 2. The van der Waals surface area contributed by atoms with E-state index in [9.17, 15) is 0 Å². The fourth-order valence-electron chi connectivity index (χ4n) is 4.70. The Kier molecular flexibility index (Phi) is 4.99. The van der Waals surface area contributed by atoms with E-state index in [1.54, 1.807) is 0 Å². The molecule has 2 heteroatoms. The van der Waals surface area contributed by atoms with Gasteiger partial charge in [0.2, 0.25) is 0 Å². The van der Waals surface area contributed by atoms with Crippen LogP contribution in [-0.2, 0) is 6.42 Å². The molecule has 0 bridgehead atoms. The Morgan fingerprint density at radius 1 is 1.00 bits per heavy atom. The van der Waals surface area contributed by atoms with Crippen LogP contribution in [0.5, 0.6) is 0 Å². The van der Waals surface area contributed by atoms with Gasteiger partial charge in [-0.2, -0.15) is 0 Å². The summed E-state index contributed by atoms with van der Waals surface area (Å²) in [6, 6.07) is 16.1. The molecule has 27 heavy (non-hydrogen) atoms. The zero-order valence-electron chi connectivity index (χ0n) is 17.0. The molecule has 1 N–H and O–H groups in total. The van der Waals surface area contributed by atoms with Crippen molar-refractivity contribution in [1.82, 2.24) is 0 Å². The molecular weight excluding hydrogens is 328 g/mol. The molecule has 4 rings (SSSR count). The van der Waals surface area contributed by atoms with Crippen LogP contribution in [0.1, 0.15) is 57.6 Å². The summed E-state index contributed by atoms with van der Waals surface area (Å²) in [5, 5.41) is 3.76. The molecule has 1 atom stereocenters. The number of nitrogens with zero attached hydrogens (tertiary/aromatic N) is 1. The van der Waals surface area contributed by atoms with Crippen LogP contribution in [0.2, 0.25) is 0 Å². The molecule has 2 aromatic rings. The Balaban J connectivity index is 1.86. The van der Waals surface area contributed by atoms with Gasteiger partial charge in [0.1, 0.15) is 0 Å². The maximum Gasteiger partial charge on any atom is 0.0642 e. The third-order valence-corrected chi connectivity index (χ3v) is 6.62. The third-order valence-electron chi connectivity index (χ3n) is 6.62. The summed E-state index contributed by atoms with van der Waals surface area (Å²) in [5.41, 5.74) is 6.92. The van der Waals surface area contributed by atoms with E-state index in [2.05, 4.69) is 85.6 Å². The van der Waals surface area contributed by atoms with Crippen LogP contribution in [0, 0.1) is 5.41 Å². The first-order chi connectivity index (χ1) is 13.2. The van der Waals surface area contributed by atoms with E-state index in [0.717, 1.165) is 6.42 Å². The number of hydrogen-bond donors (Lipinski definition) is 1. The lowest BCUT2D eigenvalue weighted by atomic mass is 9.78. The van der Waals surface area contributed by atoms with Gasteiger partial charge in [-0.1, -0.05) is 69.7 Å². The van der Waals surface area contributed by atoms with Crippen LogP contribution in [0.25, 0.3) is 6.08 Å². The molecule has 0 aliphatic carbocycles. The second-order valence-corrected chi connectivity index (χ2v) is 8.07. The number of nitrogens with one attached hydrogen (secondary N) is 1. The minimum Gasteiger partial charge on any atom is -0.362 e. The summed E-state index contributed by atoms with van der Waals surface area (Å²) in [7, 11) is 0. The average molecular weight is 361 g/mol. The molecule has 2 nitrogen and oxygen atoms in total. The molecule has 2 heterocycles. The Morgan fingerprint density at radius 2 is 1.78 bits per heavy atom. The molecule has 142 valence electrons. The highest BCUT2D eigenvalue weighted by atomic mass is 15.3. The average Bonchev–Trinajstić information content (AvgIpc) is 3.49. The van der Waals surface area contributed by atoms with Gasteiger partial charge in [-0.05, 0) is 48.9 Å². The minimum absolute atomic E-state index is 0.250. The number of anilines is 3. The largest absolute Gasteiger partial charge is 0.362 e. The predicted molar refractivity (Wildman–Crippen MR) is 118 cm³/mol. The maximum atomic E-state index is 3.76. The first kappa shape index (κ1) is 18.2. The van der Waals surface area contributed by atoms with E-state index in [4.69, 9.17) is 0 Å². The fraction of sp³-hybridized carbons (Fsp3) is 0.440. The second-order valence-electron chi connectivity index (χ2n) is 8.07. The second kappa shape index (κ2) is 7.42. The van der Waals surface area contributed by atoms with Gasteiger partial charge in [0, 0.05) is 17.6 Å². The van der Waals surface area contributed by atoms with Gasteiger partial charge in [-0.15, -0.1) is 0 Å². The molecule has 2 aromatic carbocycles. The van der Waals surface area contributed by atoms with Crippen LogP contribution < -0.4 is 10.2 Å². The van der Waals surface area contributed by atoms with E-state index in [1.165, 1.54) is 60.4 Å². The highest BCUT2D eigenvalue weighted by molar-refractivity contribution is 5.84. The molecule has 0 spiro atoms. The number of benzene rings is 2. The lowest BCUT2D eigenvalue weighted by Crippen LogP contribution is -2.27. The van der Waals surface area contributed by atoms with Crippen molar-refractivity contribution in [3.8, 4) is 0 Å². The molecule has 1 fully saturated rings. The SMILES string of the molecule is CCCCc1cccc2c1N1CC1C(CC)(CC)C=Cc1ccccc1N2. The van der Waals surface area contributed by atoms with Gasteiger partial charge in [0.25, 0.3) is 0 Å². The van der Waals surface area contributed by atoms with Crippen molar-refractivity contribution in [2.24, 2.45) is 5.41 Å². The van der Waals surface area contributed by atoms with E-state index < -0.39 is 0 Å². The number of rotatable bonds is 5. The fourth-order valence-corrected chi connectivity index (χ4v) is 4.70. The number of fused-ring (bicyclic) bond motifs is 4. The Hall–Kier alpha value is -2.22. The Labute approximate surface area is 164 Å². The molecular formula is C25H32N2. The summed E-state index contributed by atoms with van der Waals surface area (Å²) >= 11 is 0. The monoisotopic (exact) mass is 360 g/mol. The maximum absolute atomic E-state index is 3.76. The highest BCUT2D eigenvalue weighted by Crippen LogP contribution is 2.50. The van der Waals surface area contributed by atoms with Crippen LogP contribution in [0.15, 0.2) is 48.5 Å². The molecule has 0 amide bonds. The first-order valence-corrected chi connectivity index (χ1v) is 10.7. The van der Waals surface area contributed by atoms with Crippen molar-refractivity contribution >= 4 is 23.1 Å². The van der Waals surface area contributed by atoms with E-state index in [1.807, 2.05) is 0 Å². The van der Waals surface area contributed by atoms with Crippen LogP contribution in [-0.4, -0.2) is 12.6 Å². The minimum atomic E-state index is 0.250. The van der Waals surface area contributed by atoms with Gasteiger partial charge in [-0.25, -0.2) is 0 Å². The molecule has 1 unspecified atom stereocenters. The lowest BCUT2D eigenvalue weighted by Gasteiger charge is -2.31. The van der Waals surface area contributed by atoms with Gasteiger partial charge in [0.05, 0.1) is 17.4 Å². The van der Waals surface area contributed by atoms with Crippen LogP contribution >= 0.6 is 0 Å². The number of hydrogen-bond acceptors (Lipinski definition) is 2. The summed E-state index contributed by atoms with van der Waals surface area (Å²) in [4.78, 5) is 2.65. The molecule has 2 aliphatic rings. The zero-order chi connectivity index (χ0) is 18.9. The molecule has 0 radical (unpaired) electrons. The van der Waals surface area contributed by atoms with Crippen molar-refractivity contribution in [3.05, 3.63) is 59.7 Å². The summed E-state index contributed by atoms with van der Waals surface area (Å²) in [6.07, 6.45) is 10.9. The van der Waals surface area contributed by atoms with Gasteiger partial charge in [0.15, 0.2) is 0 Å². The van der Waals surface area contributed by atoms with Crippen molar-refractivity contribution in [2.75, 3.05) is 16.8 Å². The van der Waals surface area contributed by atoms with Crippen molar-refractivity contribution in [1.29, 1.82) is 0 Å². The van der Waals surface area contributed by atoms with Crippen LogP contribution in [0.3, 0.4) is 0 Å². The first-order valence-electron chi connectivity index (χ1n) is 10.7. The van der Waals surface area contributed by atoms with Crippen molar-refractivity contribution in [2.45, 2.75) is 58.9 Å². The molecule has 2 aliphatic heterocycles. The van der Waals surface area contributed by atoms with E-state index in [0.29, 0.717) is 6.04 Å². The molecule has 0 aromatic heterocycles. The standard InChI is InChI=1S/C25H32N2/c1-4-7-11-20-13-10-15-22-24(20)27-18-23(27)25(5-2,6-3)17-16-19-12-8-9-14-21(19)26-22/h8-10,12-17,23,26H,4-7,11,18H2,1-3H3.